The lowest BCUT2D eigenvalue weighted by Gasteiger charge is -2.22. The van der Waals surface area contributed by atoms with Gasteiger partial charge < -0.3 is 9.73 Å². The second-order valence-electron chi connectivity index (χ2n) is 5.07. The predicted molar refractivity (Wildman–Crippen MR) is 78.6 cm³/mol. The molecule has 0 fully saturated rings. The molecule has 1 aromatic carbocycles. The van der Waals surface area contributed by atoms with E-state index in [0.717, 1.165) is 11.3 Å². The number of nitrogens with one attached hydrogen (secondary N) is 1. The first-order chi connectivity index (χ1) is 9.58. The Morgan fingerprint density at radius 2 is 1.95 bits per heavy atom. The van der Waals surface area contributed by atoms with Crippen LogP contribution in [0.5, 0.6) is 0 Å². The number of carbonyl (C=O) groups is 1. The van der Waals surface area contributed by atoms with Crippen LogP contribution in [0.2, 0.25) is 0 Å². The fourth-order valence-corrected chi connectivity index (χ4v) is 2.01. The third-order valence-corrected chi connectivity index (χ3v) is 3.26. The summed E-state index contributed by atoms with van der Waals surface area (Å²) in [6.07, 6.45) is 1.65. The normalized spacial score (nSPS) is 12.4. The second-order valence-corrected chi connectivity index (χ2v) is 5.07. The van der Waals surface area contributed by atoms with Gasteiger partial charge in [0, 0.05) is 12.1 Å². The van der Waals surface area contributed by atoms with E-state index in [0.29, 0.717) is 12.1 Å². The molecule has 0 spiro atoms. The lowest BCUT2D eigenvalue weighted by Crippen LogP contribution is -2.34. The fourth-order valence-electron chi connectivity index (χ4n) is 2.01. The van der Waals surface area contributed by atoms with Crippen molar-refractivity contribution in [2.45, 2.75) is 13.0 Å². The zero-order chi connectivity index (χ0) is 14.5. The van der Waals surface area contributed by atoms with Crippen LogP contribution in [0.1, 0.15) is 27.7 Å². The number of nitrogens with zero attached hydrogens (tertiary/aromatic N) is 1. The summed E-state index contributed by atoms with van der Waals surface area (Å²) in [5, 5.41) is 2.95. The summed E-state index contributed by atoms with van der Waals surface area (Å²) in [5.74, 6) is 0.780. The van der Waals surface area contributed by atoms with Crippen LogP contribution < -0.4 is 5.32 Å². The van der Waals surface area contributed by atoms with Crippen molar-refractivity contribution in [1.29, 1.82) is 0 Å². The number of carbonyl (C=O) groups excluding carboxylic acids is 1. The summed E-state index contributed by atoms with van der Waals surface area (Å²) in [5.41, 5.74) is 1.82. The van der Waals surface area contributed by atoms with Crippen molar-refractivity contribution in [2.24, 2.45) is 0 Å². The quantitative estimate of drug-likeness (QED) is 0.910. The van der Waals surface area contributed by atoms with Gasteiger partial charge in [-0.25, -0.2) is 0 Å². The van der Waals surface area contributed by atoms with Gasteiger partial charge >= 0.3 is 0 Å². The van der Waals surface area contributed by atoms with Gasteiger partial charge in [0.2, 0.25) is 0 Å². The topological polar surface area (TPSA) is 45.5 Å². The van der Waals surface area contributed by atoms with E-state index in [9.17, 15) is 4.79 Å². The Morgan fingerprint density at radius 1 is 1.25 bits per heavy atom. The van der Waals surface area contributed by atoms with Crippen LogP contribution in [-0.4, -0.2) is 31.4 Å². The molecule has 1 heterocycles. The van der Waals surface area contributed by atoms with E-state index >= 15 is 0 Å². The monoisotopic (exact) mass is 272 g/mol. The molecular formula is C16H20N2O2. The molecule has 0 saturated heterocycles. The fraction of sp³-hybridized carbons (Fsp3) is 0.312. The third-order valence-electron chi connectivity index (χ3n) is 3.26. The molecule has 0 aliphatic carbocycles. The first-order valence-electron chi connectivity index (χ1n) is 6.62. The van der Waals surface area contributed by atoms with Crippen LogP contribution in [0.3, 0.4) is 0 Å². The Kier molecular flexibility index (Phi) is 4.58. The predicted octanol–water partition coefficient (Wildman–Crippen LogP) is 2.62. The standard InChI is InChI=1S/C16H20N2O2/c1-12-6-8-13(9-7-12)16(19)17-11-14(18(2)3)15-5-4-10-20-15/h4-10,14H,11H2,1-3H3,(H,17,19)/t14-/m1/s1. The summed E-state index contributed by atoms with van der Waals surface area (Å²) in [6, 6.07) is 11.3. The molecule has 4 heteroatoms. The molecule has 0 aliphatic rings. The molecule has 1 amide bonds. The molecular weight excluding hydrogens is 252 g/mol. The highest BCUT2D eigenvalue weighted by molar-refractivity contribution is 5.94. The Balaban J connectivity index is 1.99. The van der Waals surface area contributed by atoms with Crippen molar-refractivity contribution < 1.29 is 9.21 Å². The minimum Gasteiger partial charge on any atom is -0.468 e. The molecule has 4 nitrogen and oxygen atoms in total. The summed E-state index contributed by atoms with van der Waals surface area (Å²) >= 11 is 0. The maximum absolute atomic E-state index is 12.1. The average Bonchev–Trinajstić information content (AvgIpc) is 2.93. The largest absolute Gasteiger partial charge is 0.468 e. The van der Waals surface area contributed by atoms with E-state index in [1.165, 1.54) is 0 Å². The zero-order valence-electron chi connectivity index (χ0n) is 12.1. The molecule has 20 heavy (non-hydrogen) atoms. The number of hydrogen-bond donors (Lipinski definition) is 1. The number of hydrogen-bond acceptors (Lipinski definition) is 3. The number of amides is 1. The van der Waals surface area contributed by atoms with E-state index in [2.05, 4.69) is 5.32 Å². The van der Waals surface area contributed by atoms with Crippen molar-refractivity contribution in [3.05, 3.63) is 59.5 Å². The van der Waals surface area contributed by atoms with Gasteiger partial charge in [-0.3, -0.25) is 9.69 Å². The van der Waals surface area contributed by atoms with E-state index in [4.69, 9.17) is 4.42 Å². The van der Waals surface area contributed by atoms with Crippen molar-refractivity contribution >= 4 is 5.91 Å². The number of furan rings is 1. The van der Waals surface area contributed by atoms with Gasteiger partial charge in [-0.05, 0) is 45.3 Å². The van der Waals surface area contributed by atoms with Crippen LogP contribution in [0.15, 0.2) is 47.1 Å². The average molecular weight is 272 g/mol. The molecule has 106 valence electrons. The lowest BCUT2D eigenvalue weighted by atomic mass is 10.1. The molecule has 1 aromatic heterocycles. The summed E-state index contributed by atoms with van der Waals surface area (Å²) in [6.45, 7) is 2.51. The maximum Gasteiger partial charge on any atom is 0.251 e. The van der Waals surface area contributed by atoms with Crippen molar-refractivity contribution in [2.75, 3.05) is 20.6 Å². The van der Waals surface area contributed by atoms with Crippen LogP contribution >= 0.6 is 0 Å². The second kappa shape index (κ2) is 6.39. The van der Waals surface area contributed by atoms with Crippen LogP contribution in [-0.2, 0) is 0 Å². The molecule has 2 rings (SSSR count). The van der Waals surface area contributed by atoms with Gasteiger partial charge in [0.05, 0.1) is 12.3 Å². The SMILES string of the molecule is Cc1ccc(C(=O)NC[C@H](c2ccco2)N(C)C)cc1. The number of likely N-dealkylation sites (N-methyl/N-ethyl adjacent to an activating group) is 1. The molecule has 1 atom stereocenters. The van der Waals surface area contributed by atoms with Gasteiger partial charge in [-0.2, -0.15) is 0 Å². The van der Waals surface area contributed by atoms with E-state index < -0.39 is 0 Å². The zero-order valence-corrected chi connectivity index (χ0v) is 12.1. The smallest absolute Gasteiger partial charge is 0.251 e. The maximum atomic E-state index is 12.1. The van der Waals surface area contributed by atoms with E-state index in [1.807, 2.05) is 62.3 Å². The van der Waals surface area contributed by atoms with Gasteiger partial charge in [-0.15, -0.1) is 0 Å². The Labute approximate surface area is 119 Å². The number of aryl methyl sites for hydroxylation is 1. The molecule has 0 aliphatic heterocycles. The minimum atomic E-state index is -0.0663. The summed E-state index contributed by atoms with van der Waals surface area (Å²) in [4.78, 5) is 14.1. The van der Waals surface area contributed by atoms with Crippen LogP contribution in [0.4, 0.5) is 0 Å². The molecule has 0 unspecified atom stereocenters. The number of rotatable bonds is 5. The Morgan fingerprint density at radius 3 is 2.50 bits per heavy atom. The lowest BCUT2D eigenvalue weighted by molar-refractivity contribution is 0.0939. The first kappa shape index (κ1) is 14.3. The highest BCUT2D eigenvalue weighted by atomic mass is 16.3. The molecule has 0 saturated carbocycles. The summed E-state index contributed by atoms with van der Waals surface area (Å²) in [7, 11) is 3.93. The van der Waals surface area contributed by atoms with Gasteiger partial charge in [-0.1, -0.05) is 17.7 Å². The Hall–Kier alpha value is -2.07. The molecule has 2 aromatic rings. The number of benzene rings is 1. The minimum absolute atomic E-state index is 0.0272. The highest BCUT2D eigenvalue weighted by Crippen LogP contribution is 2.17. The first-order valence-corrected chi connectivity index (χ1v) is 6.62. The van der Waals surface area contributed by atoms with Crippen molar-refractivity contribution in [3.8, 4) is 0 Å². The highest BCUT2D eigenvalue weighted by Gasteiger charge is 2.18. The van der Waals surface area contributed by atoms with Crippen molar-refractivity contribution in [1.82, 2.24) is 10.2 Å². The Bertz CT molecular complexity index is 544. The molecule has 1 N–H and O–H groups in total. The van der Waals surface area contributed by atoms with Gasteiger partial charge in [0.15, 0.2) is 0 Å². The van der Waals surface area contributed by atoms with E-state index in [1.54, 1.807) is 6.26 Å². The van der Waals surface area contributed by atoms with Gasteiger partial charge in [0.1, 0.15) is 5.76 Å². The van der Waals surface area contributed by atoms with Gasteiger partial charge in [0.25, 0.3) is 5.91 Å². The van der Waals surface area contributed by atoms with Crippen LogP contribution in [0, 0.1) is 6.92 Å². The molecule has 0 bridgehead atoms. The third kappa shape index (κ3) is 3.48. The van der Waals surface area contributed by atoms with E-state index in [-0.39, 0.29) is 11.9 Å². The molecule has 0 radical (unpaired) electrons. The van der Waals surface area contributed by atoms with Crippen LogP contribution in [0.25, 0.3) is 0 Å². The van der Waals surface area contributed by atoms with Crippen molar-refractivity contribution in [3.63, 3.8) is 0 Å². The summed E-state index contributed by atoms with van der Waals surface area (Å²) < 4.78 is 5.42.